The molecule has 3 rings (SSSR count). The highest BCUT2D eigenvalue weighted by molar-refractivity contribution is 5.68. The Kier molecular flexibility index (Phi) is 7.69. The number of nitrogens with zero attached hydrogens (tertiary/aromatic N) is 1. The van der Waals surface area contributed by atoms with Crippen LogP contribution in [0.5, 0.6) is 0 Å². The number of benzene rings is 2. The average molecular weight is 402 g/mol. The molecule has 1 unspecified atom stereocenters. The molecule has 1 heterocycles. The van der Waals surface area contributed by atoms with Crippen LogP contribution in [0.4, 0.5) is 4.39 Å². The summed E-state index contributed by atoms with van der Waals surface area (Å²) in [5, 5.41) is 9.28. The van der Waals surface area contributed by atoms with Crippen molar-refractivity contribution in [1.29, 1.82) is 0 Å². The maximum absolute atomic E-state index is 14.2. The molecule has 0 saturated heterocycles. The average Bonchev–Trinajstić information content (AvgIpc) is 2.75. The van der Waals surface area contributed by atoms with Gasteiger partial charge in [0.15, 0.2) is 0 Å². The molecule has 2 aromatic carbocycles. The van der Waals surface area contributed by atoms with Crippen LogP contribution in [0.1, 0.15) is 37.3 Å². The molecule has 0 aliphatic heterocycles. The van der Waals surface area contributed by atoms with Gasteiger partial charge in [-0.1, -0.05) is 60.7 Å². The van der Waals surface area contributed by atoms with E-state index in [4.69, 9.17) is 0 Å². The molecule has 0 bridgehead atoms. The first-order chi connectivity index (χ1) is 14.6. The minimum atomic E-state index is -0.229. The van der Waals surface area contributed by atoms with Crippen molar-refractivity contribution < 1.29 is 9.50 Å². The largest absolute Gasteiger partial charge is 0.393 e. The Morgan fingerprint density at radius 2 is 1.77 bits per heavy atom. The number of hydrogen-bond acceptors (Lipinski definition) is 2. The number of aromatic nitrogens is 1. The fourth-order valence-corrected chi connectivity index (χ4v) is 3.30. The van der Waals surface area contributed by atoms with Gasteiger partial charge >= 0.3 is 0 Å². The van der Waals surface area contributed by atoms with Gasteiger partial charge in [0, 0.05) is 17.3 Å². The number of hydrogen-bond donors (Lipinski definition) is 1. The number of allylic oxidation sites excluding steroid dienone is 2. The molecular weight excluding hydrogens is 373 g/mol. The molecule has 0 amide bonds. The van der Waals surface area contributed by atoms with Crippen molar-refractivity contribution in [3.05, 3.63) is 96.5 Å². The Balaban J connectivity index is 1.65. The summed E-state index contributed by atoms with van der Waals surface area (Å²) >= 11 is 0. The van der Waals surface area contributed by atoms with E-state index in [1.54, 1.807) is 24.4 Å². The van der Waals surface area contributed by atoms with Crippen molar-refractivity contribution in [2.24, 2.45) is 0 Å². The van der Waals surface area contributed by atoms with Gasteiger partial charge in [0.2, 0.25) is 0 Å². The second-order valence-electron chi connectivity index (χ2n) is 7.54. The summed E-state index contributed by atoms with van der Waals surface area (Å²) < 4.78 is 14.2. The lowest BCUT2D eigenvalue weighted by molar-refractivity contribution is 0.182. The first-order valence-electron chi connectivity index (χ1n) is 10.4. The van der Waals surface area contributed by atoms with Crippen molar-refractivity contribution in [3.8, 4) is 22.4 Å². The van der Waals surface area contributed by atoms with E-state index in [2.05, 4.69) is 48.0 Å². The van der Waals surface area contributed by atoms with Gasteiger partial charge in [0.05, 0.1) is 11.8 Å². The lowest BCUT2D eigenvalue weighted by atomic mass is 10.0. The Hall–Kier alpha value is -3.04. The van der Waals surface area contributed by atoms with Crippen LogP contribution in [-0.4, -0.2) is 16.2 Å². The Morgan fingerprint density at radius 3 is 2.40 bits per heavy atom. The van der Waals surface area contributed by atoms with Gasteiger partial charge in [0.1, 0.15) is 5.82 Å². The molecule has 1 atom stereocenters. The van der Waals surface area contributed by atoms with Crippen molar-refractivity contribution in [3.63, 3.8) is 0 Å². The van der Waals surface area contributed by atoms with Crippen LogP contribution < -0.4 is 0 Å². The molecule has 0 saturated carbocycles. The van der Waals surface area contributed by atoms with Crippen molar-refractivity contribution in [2.45, 2.75) is 38.7 Å². The summed E-state index contributed by atoms with van der Waals surface area (Å²) in [6.45, 7) is 5.48. The van der Waals surface area contributed by atoms with Crippen LogP contribution in [0.15, 0.2) is 79.5 Å². The van der Waals surface area contributed by atoms with Gasteiger partial charge in [-0.25, -0.2) is 4.39 Å². The summed E-state index contributed by atoms with van der Waals surface area (Å²) in [6, 6.07) is 17.5. The van der Waals surface area contributed by atoms with E-state index in [1.165, 1.54) is 0 Å². The molecule has 0 aliphatic rings. The number of aliphatic hydroxyl groups is 1. The van der Waals surface area contributed by atoms with Crippen LogP contribution in [0.2, 0.25) is 0 Å². The van der Waals surface area contributed by atoms with Gasteiger partial charge in [-0.2, -0.15) is 0 Å². The van der Waals surface area contributed by atoms with E-state index in [9.17, 15) is 9.50 Å². The molecule has 3 heteroatoms. The van der Waals surface area contributed by atoms with E-state index in [0.717, 1.165) is 47.2 Å². The van der Waals surface area contributed by atoms with Gasteiger partial charge < -0.3 is 5.11 Å². The highest BCUT2D eigenvalue weighted by atomic mass is 19.1. The summed E-state index contributed by atoms with van der Waals surface area (Å²) in [6.07, 6.45) is 10.8. The third kappa shape index (κ3) is 5.98. The fraction of sp³-hybridized carbons (Fsp3) is 0.222. The second kappa shape index (κ2) is 10.7. The summed E-state index contributed by atoms with van der Waals surface area (Å²) in [4.78, 5) is 4.57. The van der Waals surface area contributed by atoms with Crippen molar-refractivity contribution >= 4 is 6.08 Å². The molecule has 0 fully saturated rings. The van der Waals surface area contributed by atoms with Crippen LogP contribution in [0.3, 0.4) is 0 Å². The zero-order chi connectivity index (χ0) is 21.3. The van der Waals surface area contributed by atoms with Crippen molar-refractivity contribution in [2.75, 3.05) is 0 Å². The van der Waals surface area contributed by atoms with Gasteiger partial charge in [-0.15, -0.1) is 6.58 Å². The third-order valence-corrected chi connectivity index (χ3v) is 5.02. The predicted octanol–water partition coefficient (Wildman–Crippen LogP) is 6.85. The first-order valence-corrected chi connectivity index (χ1v) is 10.4. The van der Waals surface area contributed by atoms with E-state index >= 15 is 0 Å². The number of halogens is 1. The summed E-state index contributed by atoms with van der Waals surface area (Å²) in [5.74, 6) is -0.217. The molecule has 0 spiro atoms. The molecule has 2 nitrogen and oxygen atoms in total. The predicted molar refractivity (Wildman–Crippen MR) is 124 cm³/mol. The van der Waals surface area contributed by atoms with Crippen molar-refractivity contribution in [1.82, 2.24) is 4.98 Å². The molecule has 154 valence electrons. The van der Waals surface area contributed by atoms with Crippen LogP contribution in [0, 0.1) is 5.82 Å². The smallest absolute Gasteiger partial charge is 0.127 e. The zero-order valence-corrected chi connectivity index (χ0v) is 17.4. The molecule has 1 N–H and O–H groups in total. The maximum atomic E-state index is 14.2. The Morgan fingerprint density at radius 1 is 1.03 bits per heavy atom. The van der Waals surface area contributed by atoms with Gasteiger partial charge in [-0.3, -0.25) is 4.98 Å². The van der Waals surface area contributed by atoms with E-state index in [1.807, 2.05) is 25.1 Å². The summed E-state index contributed by atoms with van der Waals surface area (Å²) in [7, 11) is 0. The number of pyridine rings is 1. The Labute approximate surface area is 178 Å². The second-order valence-corrected chi connectivity index (χ2v) is 7.54. The van der Waals surface area contributed by atoms with Crippen LogP contribution in [0.25, 0.3) is 28.5 Å². The lowest BCUT2D eigenvalue weighted by Gasteiger charge is -2.07. The molecule has 1 aromatic heterocycles. The Bertz CT molecular complexity index is 988. The molecule has 30 heavy (non-hydrogen) atoms. The number of aliphatic hydroxyl groups excluding tert-OH is 1. The van der Waals surface area contributed by atoms with E-state index in [0.29, 0.717) is 12.0 Å². The molecule has 3 aromatic rings. The zero-order valence-electron chi connectivity index (χ0n) is 17.4. The van der Waals surface area contributed by atoms with Crippen LogP contribution in [-0.2, 0) is 6.42 Å². The molecule has 0 aliphatic carbocycles. The molecule has 0 radical (unpaired) electrons. The minimum Gasteiger partial charge on any atom is -0.393 e. The fourth-order valence-electron chi connectivity index (χ4n) is 3.30. The SMILES string of the molecule is C=CCc1ccc(-c2ccc(-c3ccc(/C=C/CCCC(C)O)cc3)nc2)cc1F. The summed E-state index contributed by atoms with van der Waals surface area (Å²) in [5.41, 5.74) is 5.42. The normalized spacial score (nSPS) is 12.2. The first kappa shape index (κ1) is 21.7. The quantitative estimate of drug-likeness (QED) is 0.314. The minimum absolute atomic E-state index is 0.217. The van der Waals surface area contributed by atoms with Crippen LogP contribution >= 0.6 is 0 Å². The maximum Gasteiger partial charge on any atom is 0.127 e. The van der Waals surface area contributed by atoms with Gasteiger partial charge in [0.25, 0.3) is 0 Å². The highest BCUT2D eigenvalue weighted by Crippen LogP contribution is 2.25. The topological polar surface area (TPSA) is 33.1 Å². The number of unbranched alkanes of at least 4 members (excludes halogenated alkanes) is 1. The number of rotatable bonds is 9. The monoisotopic (exact) mass is 401 g/mol. The molecular formula is C27H28FNO. The van der Waals surface area contributed by atoms with E-state index in [-0.39, 0.29) is 11.9 Å². The third-order valence-electron chi connectivity index (χ3n) is 5.02. The van der Waals surface area contributed by atoms with E-state index < -0.39 is 0 Å². The standard InChI is InChI=1S/C27H28FNO/c1-3-7-22-14-15-24(18-26(22)28)25-16-17-27(29-19-25)23-12-10-21(11-13-23)9-6-4-5-8-20(2)30/h3,6,9-20,30H,1,4-5,7-8H2,2H3/b9-6+. The highest BCUT2D eigenvalue weighted by Gasteiger charge is 2.06. The lowest BCUT2D eigenvalue weighted by Crippen LogP contribution is -1.97. The van der Waals surface area contributed by atoms with Gasteiger partial charge in [-0.05, 0) is 61.4 Å².